The molecule has 2 N–H and O–H groups in total. The molecule has 4 nitrogen and oxygen atoms in total. The molecule has 4 rings (SSSR count). The molecule has 1 aromatic heterocycles. The number of rotatable bonds is 4. The monoisotopic (exact) mass is 473 g/mol. The van der Waals surface area contributed by atoms with Gasteiger partial charge in [0.05, 0.1) is 16.3 Å². The molecule has 1 amide bonds. The Bertz CT molecular complexity index is 1200. The van der Waals surface area contributed by atoms with Crippen molar-refractivity contribution in [3.63, 3.8) is 0 Å². The number of piperidine rings is 1. The normalized spacial score (nSPS) is 14.4. The van der Waals surface area contributed by atoms with Crippen LogP contribution in [-0.4, -0.2) is 28.9 Å². The minimum Gasteiger partial charge on any atom is -0.354 e. The number of carbonyl (C=O) groups excluding carboxylic acids is 1. The molecule has 0 saturated carbocycles. The Morgan fingerprint density at radius 1 is 1.16 bits per heavy atom. The summed E-state index contributed by atoms with van der Waals surface area (Å²) in [7, 11) is 0. The average Bonchev–Trinajstić information content (AvgIpc) is 2.80. The molecule has 8 heteroatoms. The Kier molecular flexibility index (Phi) is 6.58. The third-order valence-electron chi connectivity index (χ3n) is 5.82. The lowest BCUT2D eigenvalue weighted by atomic mass is 9.89. The highest BCUT2D eigenvalue weighted by atomic mass is 35.5. The van der Waals surface area contributed by atoms with E-state index in [0.29, 0.717) is 40.2 Å². The molecule has 0 atom stereocenters. The van der Waals surface area contributed by atoms with E-state index in [1.165, 1.54) is 18.2 Å². The minimum atomic E-state index is -0.313. The van der Waals surface area contributed by atoms with Crippen molar-refractivity contribution in [2.24, 2.45) is 0 Å². The molecule has 32 heavy (non-hydrogen) atoms. The first kappa shape index (κ1) is 22.4. The summed E-state index contributed by atoms with van der Waals surface area (Å²) >= 11 is 11.7. The zero-order chi connectivity index (χ0) is 22.8. The first-order valence-corrected chi connectivity index (χ1v) is 11.1. The zero-order valence-corrected chi connectivity index (χ0v) is 19.0. The van der Waals surface area contributed by atoms with Gasteiger partial charge >= 0.3 is 0 Å². The van der Waals surface area contributed by atoms with Crippen molar-refractivity contribution < 1.29 is 13.6 Å². The van der Waals surface area contributed by atoms with Gasteiger partial charge in [0.25, 0.3) is 5.91 Å². The van der Waals surface area contributed by atoms with Gasteiger partial charge in [-0.05, 0) is 67.1 Å². The molecule has 0 radical (unpaired) electrons. The van der Waals surface area contributed by atoms with Crippen molar-refractivity contribution in [3.8, 4) is 0 Å². The number of pyridine rings is 1. The van der Waals surface area contributed by atoms with Crippen LogP contribution >= 0.6 is 23.8 Å². The summed E-state index contributed by atoms with van der Waals surface area (Å²) in [6, 6.07) is 11.1. The summed E-state index contributed by atoms with van der Waals surface area (Å²) in [6.07, 6.45) is 3.13. The molecule has 1 fully saturated rings. The maximum absolute atomic E-state index is 13.7. The number of amides is 1. The van der Waals surface area contributed by atoms with Crippen LogP contribution in [0.3, 0.4) is 0 Å². The number of hydrogen-bond donors (Lipinski definition) is 2. The number of aromatic nitrogens is 1. The molecule has 1 saturated heterocycles. The lowest BCUT2D eigenvalue weighted by molar-refractivity contribution is 0.0713. The standard InChI is InChI=1S/C24H22ClF2N3OS/c1-14-12-18(6-7-20(14)27)29-22-19(13-28-23(32)21(22)25)24(31)30-10-8-16(9-11-30)15-2-4-17(26)5-3-15/h2-7,12-13,16H,8-11H2,1H3,(H2,28,29,32). The summed E-state index contributed by atoms with van der Waals surface area (Å²) in [6.45, 7) is 2.81. The highest BCUT2D eigenvalue weighted by Crippen LogP contribution is 2.33. The third-order valence-corrected chi connectivity index (χ3v) is 6.63. The molecule has 2 aromatic carbocycles. The van der Waals surface area contributed by atoms with Crippen LogP contribution < -0.4 is 5.32 Å². The van der Waals surface area contributed by atoms with Gasteiger partial charge in [-0.3, -0.25) is 4.79 Å². The van der Waals surface area contributed by atoms with E-state index in [1.807, 2.05) is 0 Å². The van der Waals surface area contributed by atoms with Gasteiger partial charge in [0, 0.05) is 25.0 Å². The number of aromatic amines is 1. The molecule has 3 aromatic rings. The number of carbonyl (C=O) groups is 1. The topological polar surface area (TPSA) is 48.1 Å². The number of likely N-dealkylation sites (tertiary alicyclic amines) is 1. The second-order valence-electron chi connectivity index (χ2n) is 7.93. The van der Waals surface area contributed by atoms with Gasteiger partial charge in [0.1, 0.15) is 16.3 Å². The zero-order valence-electron chi connectivity index (χ0n) is 17.4. The Balaban J connectivity index is 1.55. The van der Waals surface area contributed by atoms with Crippen molar-refractivity contribution in [2.45, 2.75) is 25.7 Å². The van der Waals surface area contributed by atoms with Crippen LogP contribution in [0.15, 0.2) is 48.7 Å². The van der Waals surface area contributed by atoms with Crippen LogP contribution in [0.25, 0.3) is 0 Å². The summed E-state index contributed by atoms with van der Waals surface area (Å²) in [5.41, 5.74) is 2.93. The number of H-pyrrole nitrogens is 1. The van der Waals surface area contributed by atoms with E-state index in [4.69, 9.17) is 23.8 Å². The highest BCUT2D eigenvalue weighted by molar-refractivity contribution is 7.71. The van der Waals surface area contributed by atoms with Crippen LogP contribution in [0, 0.1) is 23.2 Å². The van der Waals surface area contributed by atoms with Crippen molar-refractivity contribution in [2.75, 3.05) is 18.4 Å². The van der Waals surface area contributed by atoms with Crippen molar-refractivity contribution >= 4 is 41.1 Å². The number of hydrogen-bond acceptors (Lipinski definition) is 3. The van der Waals surface area contributed by atoms with Gasteiger partial charge in [-0.15, -0.1) is 0 Å². The highest BCUT2D eigenvalue weighted by Gasteiger charge is 2.27. The summed E-state index contributed by atoms with van der Waals surface area (Å²) < 4.78 is 27.2. The summed E-state index contributed by atoms with van der Waals surface area (Å²) in [5.74, 6) is -0.454. The average molecular weight is 474 g/mol. The smallest absolute Gasteiger partial charge is 0.257 e. The second kappa shape index (κ2) is 9.38. The first-order chi connectivity index (χ1) is 15.3. The molecule has 1 aliphatic rings. The van der Waals surface area contributed by atoms with Gasteiger partial charge in [-0.25, -0.2) is 8.78 Å². The van der Waals surface area contributed by atoms with Crippen LogP contribution in [0.4, 0.5) is 20.2 Å². The van der Waals surface area contributed by atoms with Gasteiger partial charge in [-0.1, -0.05) is 36.0 Å². The lowest BCUT2D eigenvalue weighted by Gasteiger charge is -2.32. The van der Waals surface area contributed by atoms with E-state index in [1.54, 1.807) is 42.3 Å². The Morgan fingerprint density at radius 3 is 2.50 bits per heavy atom. The minimum absolute atomic E-state index is 0.169. The number of halogens is 3. The van der Waals surface area contributed by atoms with E-state index >= 15 is 0 Å². The Morgan fingerprint density at radius 2 is 1.84 bits per heavy atom. The number of nitrogens with zero attached hydrogens (tertiary/aromatic N) is 1. The fraction of sp³-hybridized carbons (Fsp3) is 0.250. The van der Waals surface area contributed by atoms with E-state index in [-0.39, 0.29) is 28.5 Å². The first-order valence-electron chi connectivity index (χ1n) is 10.3. The van der Waals surface area contributed by atoms with Crippen LogP contribution in [-0.2, 0) is 0 Å². The molecule has 1 aliphatic heterocycles. The predicted molar refractivity (Wildman–Crippen MR) is 125 cm³/mol. The maximum atomic E-state index is 13.7. The van der Waals surface area contributed by atoms with Gasteiger partial charge in [-0.2, -0.15) is 0 Å². The summed E-state index contributed by atoms with van der Waals surface area (Å²) in [4.78, 5) is 18.0. The SMILES string of the molecule is Cc1cc(Nc2c(C(=O)N3CCC(c4ccc(F)cc4)CC3)c[nH]c(=S)c2Cl)ccc1F. The number of benzene rings is 2. The van der Waals surface area contributed by atoms with Gasteiger partial charge in [0.2, 0.25) is 0 Å². The molecule has 166 valence electrons. The molecule has 0 spiro atoms. The van der Waals surface area contributed by atoms with E-state index < -0.39 is 0 Å². The fourth-order valence-corrected chi connectivity index (χ4v) is 4.35. The molecule has 2 heterocycles. The lowest BCUT2D eigenvalue weighted by Crippen LogP contribution is -2.38. The van der Waals surface area contributed by atoms with Crippen LogP contribution in [0.1, 0.15) is 40.2 Å². The van der Waals surface area contributed by atoms with Crippen LogP contribution in [0.2, 0.25) is 5.02 Å². The van der Waals surface area contributed by atoms with Gasteiger partial charge < -0.3 is 15.2 Å². The molecule has 0 bridgehead atoms. The fourth-order valence-electron chi connectivity index (χ4n) is 3.98. The number of nitrogens with one attached hydrogen (secondary N) is 2. The van der Waals surface area contributed by atoms with Crippen molar-refractivity contribution in [1.82, 2.24) is 9.88 Å². The largest absolute Gasteiger partial charge is 0.354 e. The quantitative estimate of drug-likeness (QED) is 0.412. The maximum Gasteiger partial charge on any atom is 0.257 e. The predicted octanol–water partition coefficient (Wildman–Crippen LogP) is 6.75. The molecular formula is C24H22ClF2N3OS. The van der Waals surface area contributed by atoms with Crippen molar-refractivity contribution in [3.05, 3.63) is 86.6 Å². The molecule has 0 unspecified atom stereocenters. The second-order valence-corrected chi connectivity index (χ2v) is 8.71. The Hall–Kier alpha value is -2.77. The number of aryl methyl sites for hydroxylation is 1. The van der Waals surface area contributed by atoms with Crippen molar-refractivity contribution in [1.29, 1.82) is 0 Å². The van der Waals surface area contributed by atoms with E-state index in [2.05, 4.69) is 10.3 Å². The van der Waals surface area contributed by atoms with E-state index in [9.17, 15) is 13.6 Å². The molecule has 0 aliphatic carbocycles. The number of anilines is 2. The third kappa shape index (κ3) is 4.69. The van der Waals surface area contributed by atoms with Crippen LogP contribution in [0.5, 0.6) is 0 Å². The van der Waals surface area contributed by atoms with Gasteiger partial charge in [0.15, 0.2) is 0 Å². The molecular weight excluding hydrogens is 452 g/mol. The van der Waals surface area contributed by atoms with E-state index in [0.717, 1.165) is 18.4 Å². The summed E-state index contributed by atoms with van der Waals surface area (Å²) in [5, 5.41) is 3.37. The Labute approximate surface area is 195 Å².